The lowest BCUT2D eigenvalue weighted by Crippen LogP contribution is -2.26. The van der Waals surface area contributed by atoms with Crippen LogP contribution in [-0.2, 0) is 19.3 Å². The van der Waals surface area contributed by atoms with Gasteiger partial charge >= 0.3 is 0 Å². The number of carbonyl (C=O) groups excluding carboxylic acids is 1. The van der Waals surface area contributed by atoms with Crippen LogP contribution in [0, 0.1) is 11.3 Å². The van der Waals surface area contributed by atoms with Crippen LogP contribution in [0.15, 0.2) is 51.6 Å². The highest BCUT2D eigenvalue weighted by Crippen LogP contribution is 2.35. The number of carbonyl (C=O) groups is 1. The van der Waals surface area contributed by atoms with Crippen molar-refractivity contribution in [3.63, 3.8) is 0 Å². The highest BCUT2D eigenvalue weighted by molar-refractivity contribution is 7.93. The fourth-order valence-corrected chi connectivity index (χ4v) is 5.59. The van der Waals surface area contributed by atoms with Crippen LogP contribution in [0.2, 0.25) is 0 Å². The van der Waals surface area contributed by atoms with Crippen molar-refractivity contribution in [2.75, 3.05) is 25.2 Å². The molecule has 0 aromatic carbocycles. The largest absolute Gasteiger partial charge is 0.494 e. The SMILES string of the molecule is C=CCOC1=CCC(C(=O)/C(C=N)=C(\O)NC)C(C)=C1N=S1(=O)CCCCC1. The Morgan fingerprint density at radius 1 is 1.46 bits per heavy atom. The molecule has 1 aliphatic carbocycles. The van der Waals surface area contributed by atoms with E-state index in [0.717, 1.165) is 25.5 Å². The summed E-state index contributed by atoms with van der Waals surface area (Å²) in [7, 11) is -0.909. The minimum Gasteiger partial charge on any atom is -0.494 e. The lowest BCUT2D eigenvalue weighted by atomic mass is 9.84. The molecule has 1 aliphatic heterocycles. The van der Waals surface area contributed by atoms with E-state index in [-0.39, 0.29) is 23.8 Å². The minimum absolute atomic E-state index is 0.100. The van der Waals surface area contributed by atoms with E-state index in [1.807, 2.05) is 0 Å². The predicted octanol–water partition coefficient (Wildman–Crippen LogP) is 3.23. The zero-order valence-electron chi connectivity index (χ0n) is 16.5. The van der Waals surface area contributed by atoms with E-state index in [4.69, 9.17) is 10.1 Å². The Balaban J connectivity index is 2.51. The second-order valence-electron chi connectivity index (χ2n) is 6.84. The maximum Gasteiger partial charge on any atom is 0.196 e. The van der Waals surface area contributed by atoms with Gasteiger partial charge < -0.3 is 20.6 Å². The Bertz CT molecular complexity index is 849. The van der Waals surface area contributed by atoms with Crippen LogP contribution in [0.3, 0.4) is 0 Å². The first kappa shape index (κ1) is 21.9. The molecule has 154 valence electrons. The fraction of sp³-hybridized carbons (Fsp3) is 0.500. The quantitative estimate of drug-likeness (QED) is 0.247. The first-order chi connectivity index (χ1) is 13.4. The van der Waals surface area contributed by atoms with Crippen molar-refractivity contribution in [3.05, 3.63) is 47.2 Å². The van der Waals surface area contributed by atoms with Crippen LogP contribution in [0.1, 0.15) is 32.6 Å². The molecule has 0 spiro atoms. The predicted molar refractivity (Wildman–Crippen MR) is 112 cm³/mol. The molecule has 7 nitrogen and oxygen atoms in total. The Labute approximate surface area is 166 Å². The number of rotatable bonds is 8. The van der Waals surface area contributed by atoms with E-state index in [2.05, 4.69) is 16.3 Å². The normalized spacial score (nSPS) is 22.5. The Morgan fingerprint density at radius 3 is 2.71 bits per heavy atom. The smallest absolute Gasteiger partial charge is 0.196 e. The molecule has 0 saturated carbocycles. The lowest BCUT2D eigenvalue weighted by Gasteiger charge is -2.25. The summed E-state index contributed by atoms with van der Waals surface area (Å²) in [5.74, 6) is 0.264. The molecule has 2 rings (SSSR count). The summed E-state index contributed by atoms with van der Waals surface area (Å²) in [4.78, 5) is 12.9. The zero-order valence-corrected chi connectivity index (χ0v) is 17.3. The van der Waals surface area contributed by atoms with E-state index >= 15 is 0 Å². The third-order valence-corrected chi connectivity index (χ3v) is 7.30. The number of Topliss-reactive ketones (excluding diaryl/α,β-unsaturated/α-hetero) is 1. The van der Waals surface area contributed by atoms with Crippen molar-refractivity contribution in [2.24, 2.45) is 10.3 Å². The number of hydrogen-bond donors (Lipinski definition) is 3. The maximum absolute atomic E-state index is 13.2. The van der Waals surface area contributed by atoms with Crippen molar-refractivity contribution in [1.82, 2.24) is 5.32 Å². The van der Waals surface area contributed by atoms with Gasteiger partial charge in [-0.2, -0.15) is 4.36 Å². The number of aliphatic hydroxyl groups excluding tert-OH is 1. The van der Waals surface area contributed by atoms with E-state index in [9.17, 15) is 14.1 Å². The Kier molecular flexibility index (Phi) is 7.62. The van der Waals surface area contributed by atoms with Gasteiger partial charge in [0.15, 0.2) is 11.7 Å². The van der Waals surface area contributed by atoms with Gasteiger partial charge in [-0.3, -0.25) is 4.79 Å². The molecule has 0 bridgehead atoms. The Hall–Kier alpha value is -2.35. The molecule has 0 radical (unpaired) electrons. The number of nitrogens with one attached hydrogen (secondary N) is 2. The third-order valence-electron chi connectivity index (χ3n) is 4.93. The van der Waals surface area contributed by atoms with Gasteiger partial charge in [-0.25, -0.2) is 4.21 Å². The van der Waals surface area contributed by atoms with Gasteiger partial charge in [-0.15, -0.1) is 0 Å². The first-order valence-corrected chi connectivity index (χ1v) is 11.3. The van der Waals surface area contributed by atoms with Crippen molar-refractivity contribution < 1.29 is 18.8 Å². The van der Waals surface area contributed by atoms with Gasteiger partial charge in [0.05, 0.1) is 15.3 Å². The topological polar surface area (TPSA) is 112 Å². The summed E-state index contributed by atoms with van der Waals surface area (Å²) in [5.41, 5.74) is 0.992. The molecule has 0 aromatic rings. The number of hydrogen-bond acceptors (Lipinski definition) is 7. The van der Waals surface area contributed by atoms with Crippen molar-refractivity contribution in [2.45, 2.75) is 32.6 Å². The highest BCUT2D eigenvalue weighted by Gasteiger charge is 2.31. The summed E-state index contributed by atoms with van der Waals surface area (Å²) < 4.78 is 23.5. The average Bonchev–Trinajstić information content (AvgIpc) is 2.69. The van der Waals surface area contributed by atoms with Crippen molar-refractivity contribution >= 4 is 21.7 Å². The van der Waals surface area contributed by atoms with E-state index in [1.54, 1.807) is 19.1 Å². The van der Waals surface area contributed by atoms with E-state index < -0.39 is 15.6 Å². The molecular weight excluding hydrogens is 378 g/mol. The van der Waals surface area contributed by atoms with Crippen LogP contribution in [0.25, 0.3) is 0 Å². The molecule has 3 N–H and O–H groups in total. The van der Waals surface area contributed by atoms with Crippen LogP contribution in [0.4, 0.5) is 0 Å². The third kappa shape index (κ3) is 4.92. The van der Waals surface area contributed by atoms with Crippen molar-refractivity contribution in [3.8, 4) is 0 Å². The molecule has 28 heavy (non-hydrogen) atoms. The average molecular weight is 408 g/mol. The molecule has 8 heteroatoms. The number of ketones is 1. The number of nitrogens with zero attached hydrogens (tertiary/aromatic N) is 1. The second-order valence-corrected chi connectivity index (χ2v) is 9.39. The first-order valence-electron chi connectivity index (χ1n) is 9.40. The molecule has 0 aromatic heterocycles. The van der Waals surface area contributed by atoms with Gasteiger partial charge in [0, 0.05) is 30.7 Å². The Morgan fingerprint density at radius 2 is 2.14 bits per heavy atom. The fourth-order valence-electron chi connectivity index (χ4n) is 3.32. The van der Waals surface area contributed by atoms with E-state index in [1.165, 1.54) is 7.05 Å². The molecule has 1 heterocycles. The molecule has 0 amide bonds. The van der Waals surface area contributed by atoms with Gasteiger partial charge in [-0.05, 0) is 37.8 Å². The van der Waals surface area contributed by atoms with Gasteiger partial charge in [0.2, 0.25) is 0 Å². The number of ether oxygens (including phenoxy) is 1. The van der Waals surface area contributed by atoms with Crippen LogP contribution in [-0.4, -0.2) is 46.5 Å². The molecule has 1 atom stereocenters. The van der Waals surface area contributed by atoms with Crippen LogP contribution < -0.4 is 5.32 Å². The lowest BCUT2D eigenvalue weighted by molar-refractivity contribution is -0.117. The summed E-state index contributed by atoms with van der Waals surface area (Å²) in [6.07, 6.45) is 7.38. The molecular formula is C20H29N3O4S. The summed E-state index contributed by atoms with van der Waals surface area (Å²) in [5, 5.41) is 19.9. The molecule has 1 saturated heterocycles. The molecule has 1 unspecified atom stereocenters. The standard InChI is InChI=1S/C20H29N3O4S/c1-4-10-27-17-9-8-15(19(24)16(13-21)20(25)22-3)14(2)18(17)23-28(26)11-6-5-7-12-28/h4,9,13,15,21-22,25H,1,5-8,10-12H2,2-3H3/b20-16-,21-13?. The number of aliphatic hydroxyl groups is 1. The second kappa shape index (κ2) is 9.73. The summed E-state index contributed by atoms with van der Waals surface area (Å²) in [6, 6.07) is 0. The monoisotopic (exact) mass is 407 g/mol. The zero-order chi connectivity index (χ0) is 20.7. The van der Waals surface area contributed by atoms with Gasteiger partial charge in [0.1, 0.15) is 18.1 Å². The number of allylic oxidation sites excluding steroid dienone is 3. The van der Waals surface area contributed by atoms with Crippen molar-refractivity contribution in [1.29, 1.82) is 5.41 Å². The van der Waals surface area contributed by atoms with Gasteiger partial charge in [0.25, 0.3) is 0 Å². The molecule has 1 fully saturated rings. The van der Waals surface area contributed by atoms with Crippen LogP contribution >= 0.6 is 0 Å². The van der Waals surface area contributed by atoms with Crippen LogP contribution in [0.5, 0.6) is 0 Å². The minimum atomic E-state index is -2.39. The highest BCUT2D eigenvalue weighted by atomic mass is 32.2. The summed E-state index contributed by atoms with van der Waals surface area (Å²) >= 11 is 0. The summed E-state index contributed by atoms with van der Waals surface area (Å²) in [6.45, 7) is 5.70. The maximum atomic E-state index is 13.2. The van der Waals surface area contributed by atoms with E-state index in [0.29, 0.717) is 35.0 Å². The molecule has 2 aliphatic rings. The van der Waals surface area contributed by atoms with Gasteiger partial charge in [-0.1, -0.05) is 19.1 Å².